The Balaban J connectivity index is 2.83. The molecule has 0 heterocycles. The highest BCUT2D eigenvalue weighted by Crippen LogP contribution is 1.91. The normalized spacial score (nSPS) is 14.0. The van der Waals surface area contributed by atoms with Crippen molar-refractivity contribution in [2.24, 2.45) is 0 Å². The molecule has 29 valence electrons. The summed E-state index contributed by atoms with van der Waals surface area (Å²) in [6, 6.07) is 0. The Hall–Kier alpha value is 0.820. The van der Waals surface area contributed by atoms with E-state index in [2.05, 4.69) is 40.2 Å². The highest BCUT2D eigenvalue weighted by atomic mass is 127. The van der Waals surface area contributed by atoms with Gasteiger partial charge in [0.15, 0.2) is 0 Å². The first kappa shape index (κ1) is 5.82. The van der Waals surface area contributed by atoms with Gasteiger partial charge in [0, 0.05) is 9.29 Å². The molecule has 0 aromatic heterocycles. The number of alkyl halides is 1. The standard InChI is InChI=1S/C3H4IS/c1-3(4)2-5/h3H,1H3. The highest BCUT2D eigenvalue weighted by Gasteiger charge is 1.80. The first-order valence-electron chi connectivity index (χ1n) is 1.29. The molecule has 0 N–H and O–H groups in total. The summed E-state index contributed by atoms with van der Waals surface area (Å²) >= 11 is 6.61. The van der Waals surface area contributed by atoms with Crippen molar-refractivity contribution in [3.63, 3.8) is 0 Å². The van der Waals surface area contributed by atoms with Crippen LogP contribution in [0.25, 0.3) is 0 Å². The Labute approximate surface area is 51.1 Å². The fourth-order valence-corrected chi connectivity index (χ4v) is 0. The van der Waals surface area contributed by atoms with Gasteiger partial charge in [0.05, 0.1) is 0 Å². The van der Waals surface area contributed by atoms with E-state index in [1.165, 1.54) is 0 Å². The lowest BCUT2D eigenvalue weighted by molar-refractivity contribution is 1.43. The van der Waals surface area contributed by atoms with Crippen LogP contribution in [-0.4, -0.2) is 9.29 Å². The fourth-order valence-electron chi connectivity index (χ4n) is 0. The molecular formula is C3H4IS. The second-order valence-corrected chi connectivity index (χ2v) is 2.84. The van der Waals surface area contributed by atoms with Crippen molar-refractivity contribution in [1.29, 1.82) is 0 Å². The van der Waals surface area contributed by atoms with Gasteiger partial charge in [-0.15, -0.1) is 0 Å². The van der Waals surface area contributed by atoms with E-state index >= 15 is 0 Å². The van der Waals surface area contributed by atoms with Crippen LogP contribution in [0.1, 0.15) is 6.92 Å². The molecule has 0 aromatic rings. The predicted octanol–water partition coefficient (Wildman–Crippen LogP) is 1.69. The van der Waals surface area contributed by atoms with Crippen LogP contribution >= 0.6 is 34.8 Å². The van der Waals surface area contributed by atoms with Gasteiger partial charge in [-0.3, -0.25) is 0 Å². The lowest BCUT2D eigenvalue weighted by Gasteiger charge is -1.78. The molecule has 1 unspecified atom stereocenters. The Bertz CT molecular complexity index is 33.9. The van der Waals surface area contributed by atoms with Crippen LogP contribution in [0.2, 0.25) is 0 Å². The van der Waals surface area contributed by atoms with Crippen LogP contribution in [0.4, 0.5) is 0 Å². The molecule has 0 fully saturated rings. The van der Waals surface area contributed by atoms with Crippen LogP contribution < -0.4 is 0 Å². The van der Waals surface area contributed by atoms with Gasteiger partial charge in [0.1, 0.15) is 0 Å². The SMILES string of the molecule is CC(I)[C]=S. The summed E-state index contributed by atoms with van der Waals surface area (Å²) in [5.41, 5.74) is 0. The monoisotopic (exact) mass is 199 g/mol. The maximum Gasteiger partial charge on any atom is 0.0445 e. The third kappa shape index (κ3) is 4.82. The summed E-state index contributed by atoms with van der Waals surface area (Å²) in [5.74, 6) is 0. The first-order valence-corrected chi connectivity index (χ1v) is 2.94. The number of rotatable bonds is 1. The van der Waals surface area contributed by atoms with E-state index in [0.29, 0.717) is 3.92 Å². The summed E-state index contributed by atoms with van der Waals surface area (Å²) in [5, 5.41) is 2.60. The number of thiocarbonyl (C=S) groups is 1. The van der Waals surface area contributed by atoms with Crippen molar-refractivity contribution < 1.29 is 0 Å². The van der Waals surface area contributed by atoms with E-state index in [1.807, 2.05) is 6.92 Å². The largest absolute Gasteiger partial charge is 0.0825 e. The maximum absolute atomic E-state index is 4.42. The molecule has 0 saturated carbocycles. The zero-order valence-corrected chi connectivity index (χ0v) is 5.84. The third-order valence-corrected chi connectivity index (χ3v) is 1.25. The van der Waals surface area contributed by atoms with Gasteiger partial charge in [-0.25, -0.2) is 0 Å². The van der Waals surface area contributed by atoms with E-state index in [9.17, 15) is 0 Å². The molecule has 0 nitrogen and oxygen atoms in total. The second kappa shape index (κ2) is 3.03. The predicted molar refractivity (Wildman–Crippen MR) is 36.1 cm³/mol. The van der Waals surface area contributed by atoms with Crippen LogP contribution in [0.5, 0.6) is 0 Å². The molecule has 0 spiro atoms. The summed E-state index contributed by atoms with van der Waals surface area (Å²) in [6.07, 6.45) is 0. The number of hydrogen-bond acceptors (Lipinski definition) is 1. The lowest BCUT2D eigenvalue weighted by atomic mass is 10.6. The van der Waals surface area contributed by atoms with E-state index in [-0.39, 0.29) is 0 Å². The molecule has 0 aliphatic carbocycles. The second-order valence-electron chi connectivity index (χ2n) is 0.734. The smallest absolute Gasteiger partial charge is 0.0445 e. The summed E-state index contributed by atoms with van der Waals surface area (Å²) < 4.78 is 0.419. The average molecular weight is 199 g/mol. The zero-order chi connectivity index (χ0) is 4.28. The van der Waals surface area contributed by atoms with Crippen molar-refractivity contribution in [2.75, 3.05) is 0 Å². The highest BCUT2D eigenvalue weighted by molar-refractivity contribution is 14.1. The molecule has 0 aliphatic heterocycles. The summed E-state index contributed by atoms with van der Waals surface area (Å²) in [4.78, 5) is 0. The zero-order valence-electron chi connectivity index (χ0n) is 2.86. The Morgan fingerprint density at radius 3 is 2.20 bits per heavy atom. The van der Waals surface area contributed by atoms with Gasteiger partial charge in [0.25, 0.3) is 0 Å². The fraction of sp³-hybridized carbons (Fsp3) is 0.667. The van der Waals surface area contributed by atoms with Crippen LogP contribution in [-0.2, 0) is 0 Å². The van der Waals surface area contributed by atoms with E-state index in [4.69, 9.17) is 0 Å². The third-order valence-electron chi connectivity index (χ3n) is 0.162. The quantitative estimate of drug-likeness (QED) is 0.351. The molecule has 0 aromatic carbocycles. The van der Waals surface area contributed by atoms with Crippen LogP contribution in [0.15, 0.2) is 0 Å². The van der Waals surface area contributed by atoms with Crippen molar-refractivity contribution in [3.05, 3.63) is 0 Å². The van der Waals surface area contributed by atoms with Gasteiger partial charge >= 0.3 is 0 Å². The van der Waals surface area contributed by atoms with E-state index in [1.54, 1.807) is 0 Å². The molecule has 5 heavy (non-hydrogen) atoms. The minimum Gasteiger partial charge on any atom is -0.0825 e. The Morgan fingerprint density at radius 1 is 2.00 bits per heavy atom. The molecule has 0 aliphatic rings. The molecule has 0 bridgehead atoms. The van der Waals surface area contributed by atoms with Crippen molar-refractivity contribution >= 4 is 40.2 Å². The Kier molecular flexibility index (Phi) is 3.52. The number of hydrogen-bond donors (Lipinski definition) is 0. The summed E-state index contributed by atoms with van der Waals surface area (Å²) in [7, 11) is 0. The Morgan fingerprint density at radius 2 is 2.20 bits per heavy atom. The minimum atomic E-state index is 0.419. The van der Waals surface area contributed by atoms with Crippen molar-refractivity contribution in [3.8, 4) is 0 Å². The molecule has 2 heteroatoms. The van der Waals surface area contributed by atoms with Crippen molar-refractivity contribution in [2.45, 2.75) is 10.8 Å². The minimum absolute atomic E-state index is 0.419. The van der Waals surface area contributed by atoms with Crippen LogP contribution in [0, 0.1) is 0 Å². The molecule has 0 saturated heterocycles. The van der Waals surface area contributed by atoms with Crippen LogP contribution in [0.3, 0.4) is 0 Å². The first-order chi connectivity index (χ1) is 2.27. The van der Waals surface area contributed by atoms with Gasteiger partial charge < -0.3 is 0 Å². The maximum atomic E-state index is 4.42. The van der Waals surface area contributed by atoms with E-state index in [0.717, 1.165) is 0 Å². The molecular weight excluding hydrogens is 195 g/mol. The van der Waals surface area contributed by atoms with E-state index < -0.39 is 0 Å². The van der Waals surface area contributed by atoms with Gasteiger partial charge in [-0.05, 0) is 6.92 Å². The average Bonchev–Trinajstić information content (AvgIpc) is 1.38. The van der Waals surface area contributed by atoms with Gasteiger partial charge in [-0.2, -0.15) is 0 Å². The molecule has 0 rings (SSSR count). The lowest BCUT2D eigenvalue weighted by Crippen LogP contribution is -1.82. The summed E-state index contributed by atoms with van der Waals surface area (Å²) in [6.45, 7) is 1.99. The molecule has 0 amide bonds. The van der Waals surface area contributed by atoms with Crippen molar-refractivity contribution in [1.82, 2.24) is 0 Å². The van der Waals surface area contributed by atoms with Gasteiger partial charge in [0.2, 0.25) is 0 Å². The number of halogens is 1. The molecule has 1 radical (unpaired) electrons. The molecule has 1 atom stereocenters. The van der Waals surface area contributed by atoms with Gasteiger partial charge in [-0.1, -0.05) is 34.8 Å². The topological polar surface area (TPSA) is 0 Å².